The molecular formula is C13H21NS. The van der Waals surface area contributed by atoms with Gasteiger partial charge in [0, 0.05) is 16.5 Å². The molecule has 0 radical (unpaired) electrons. The molecule has 1 unspecified atom stereocenters. The lowest BCUT2D eigenvalue weighted by molar-refractivity contribution is 0.320. The number of hydrogen-bond acceptors (Lipinski definition) is 2. The summed E-state index contributed by atoms with van der Waals surface area (Å²) < 4.78 is 0. The quantitative estimate of drug-likeness (QED) is 0.817. The van der Waals surface area contributed by atoms with Crippen molar-refractivity contribution < 1.29 is 0 Å². The molecule has 0 aliphatic carbocycles. The van der Waals surface area contributed by atoms with Gasteiger partial charge in [0.05, 0.1) is 0 Å². The van der Waals surface area contributed by atoms with Crippen LogP contribution in [-0.2, 0) is 0 Å². The summed E-state index contributed by atoms with van der Waals surface area (Å²) in [6, 6.07) is 5.01. The summed E-state index contributed by atoms with van der Waals surface area (Å²) in [7, 11) is 0. The average molecular weight is 223 g/mol. The van der Waals surface area contributed by atoms with Gasteiger partial charge in [-0.1, -0.05) is 19.9 Å². The van der Waals surface area contributed by atoms with Gasteiger partial charge in [-0.3, -0.25) is 0 Å². The summed E-state index contributed by atoms with van der Waals surface area (Å²) in [5.74, 6) is 0.782. The molecule has 0 saturated carbocycles. The van der Waals surface area contributed by atoms with Crippen LogP contribution in [0, 0.1) is 5.92 Å². The van der Waals surface area contributed by atoms with Crippen molar-refractivity contribution in [3.8, 4) is 0 Å². The zero-order valence-electron chi connectivity index (χ0n) is 9.92. The summed E-state index contributed by atoms with van der Waals surface area (Å²) in [6.45, 7) is 7.00. The largest absolute Gasteiger partial charge is 0.304 e. The van der Waals surface area contributed by atoms with Crippen LogP contribution < -0.4 is 5.32 Å². The fraction of sp³-hybridized carbons (Fsp3) is 0.692. The molecule has 15 heavy (non-hydrogen) atoms. The molecule has 1 fully saturated rings. The number of hydrogen-bond donors (Lipinski definition) is 1. The Labute approximate surface area is 96.9 Å². The molecule has 1 aliphatic heterocycles. The van der Waals surface area contributed by atoms with E-state index >= 15 is 0 Å². The van der Waals surface area contributed by atoms with Crippen LogP contribution in [-0.4, -0.2) is 5.54 Å². The van der Waals surface area contributed by atoms with Gasteiger partial charge >= 0.3 is 0 Å². The van der Waals surface area contributed by atoms with Gasteiger partial charge in [0.25, 0.3) is 0 Å². The third-order valence-electron chi connectivity index (χ3n) is 3.25. The summed E-state index contributed by atoms with van der Waals surface area (Å²) >= 11 is 1.88. The molecule has 1 aliphatic rings. The van der Waals surface area contributed by atoms with Crippen LogP contribution in [0.3, 0.4) is 0 Å². The van der Waals surface area contributed by atoms with Crippen molar-refractivity contribution in [2.45, 2.75) is 51.6 Å². The van der Waals surface area contributed by atoms with Crippen molar-refractivity contribution in [1.82, 2.24) is 5.32 Å². The van der Waals surface area contributed by atoms with E-state index < -0.39 is 0 Å². The molecule has 2 atom stereocenters. The highest BCUT2D eigenvalue weighted by Crippen LogP contribution is 2.37. The van der Waals surface area contributed by atoms with Crippen molar-refractivity contribution in [1.29, 1.82) is 0 Å². The summed E-state index contributed by atoms with van der Waals surface area (Å²) in [6.07, 6.45) is 3.90. The zero-order chi connectivity index (χ0) is 10.9. The molecule has 2 heterocycles. The van der Waals surface area contributed by atoms with Crippen LogP contribution in [0.25, 0.3) is 0 Å². The predicted octanol–water partition coefficient (Wildman–Crippen LogP) is 3.98. The van der Waals surface area contributed by atoms with E-state index in [2.05, 4.69) is 43.6 Å². The molecule has 0 amide bonds. The first-order valence-electron chi connectivity index (χ1n) is 5.90. The molecule has 0 spiro atoms. The maximum absolute atomic E-state index is 3.81. The van der Waals surface area contributed by atoms with Crippen molar-refractivity contribution in [3.05, 3.63) is 22.4 Å². The van der Waals surface area contributed by atoms with Crippen LogP contribution >= 0.6 is 11.3 Å². The predicted molar refractivity (Wildman–Crippen MR) is 67.3 cm³/mol. The summed E-state index contributed by atoms with van der Waals surface area (Å²) in [4.78, 5) is 1.50. The number of rotatable bonds is 3. The molecule has 1 aromatic heterocycles. The lowest BCUT2D eigenvalue weighted by Crippen LogP contribution is -2.38. The lowest BCUT2D eigenvalue weighted by Gasteiger charge is -2.27. The van der Waals surface area contributed by atoms with Crippen molar-refractivity contribution in [2.75, 3.05) is 0 Å². The SMILES string of the molecule is CC(C)CC1(C)CC[C@H](c2cccs2)N1. The molecule has 2 rings (SSSR count). The van der Waals surface area contributed by atoms with E-state index in [-0.39, 0.29) is 0 Å². The second-order valence-electron chi connectivity index (χ2n) is 5.41. The van der Waals surface area contributed by atoms with E-state index in [4.69, 9.17) is 0 Å². The fourth-order valence-corrected chi connectivity index (χ4v) is 3.61. The highest BCUT2D eigenvalue weighted by atomic mass is 32.1. The maximum Gasteiger partial charge on any atom is 0.0419 e. The summed E-state index contributed by atoms with van der Waals surface area (Å²) in [5, 5.41) is 5.99. The second-order valence-corrected chi connectivity index (χ2v) is 6.39. The summed E-state index contributed by atoms with van der Waals surface area (Å²) in [5.41, 5.74) is 0.364. The van der Waals surface area contributed by atoms with Crippen LogP contribution in [0.1, 0.15) is 51.0 Å². The molecular weight excluding hydrogens is 202 g/mol. The fourth-order valence-electron chi connectivity index (χ4n) is 2.79. The van der Waals surface area contributed by atoms with Crippen molar-refractivity contribution in [2.24, 2.45) is 5.92 Å². The van der Waals surface area contributed by atoms with Gasteiger partial charge in [0.2, 0.25) is 0 Å². The molecule has 84 valence electrons. The highest BCUT2D eigenvalue weighted by molar-refractivity contribution is 7.10. The third-order valence-corrected chi connectivity index (χ3v) is 4.24. The number of thiophene rings is 1. The minimum absolute atomic E-state index is 0.364. The van der Waals surface area contributed by atoms with Gasteiger partial charge in [-0.25, -0.2) is 0 Å². The lowest BCUT2D eigenvalue weighted by atomic mass is 9.90. The average Bonchev–Trinajstić information content (AvgIpc) is 2.71. The topological polar surface area (TPSA) is 12.0 Å². The van der Waals surface area contributed by atoms with Crippen molar-refractivity contribution >= 4 is 11.3 Å². The molecule has 2 heteroatoms. The Bertz CT molecular complexity index is 304. The molecule has 1 saturated heterocycles. The van der Waals surface area contributed by atoms with Gasteiger partial charge in [-0.2, -0.15) is 0 Å². The van der Waals surface area contributed by atoms with Gasteiger partial charge in [-0.05, 0) is 43.6 Å². The van der Waals surface area contributed by atoms with Crippen LogP contribution in [0.2, 0.25) is 0 Å². The molecule has 0 bridgehead atoms. The van der Waals surface area contributed by atoms with Crippen LogP contribution in [0.15, 0.2) is 17.5 Å². The second kappa shape index (κ2) is 4.26. The van der Waals surface area contributed by atoms with E-state index in [0.717, 1.165) is 5.92 Å². The van der Waals surface area contributed by atoms with E-state index in [9.17, 15) is 0 Å². The Morgan fingerprint density at radius 1 is 1.60 bits per heavy atom. The molecule has 0 aromatic carbocycles. The minimum atomic E-state index is 0.364. The van der Waals surface area contributed by atoms with Crippen LogP contribution in [0.5, 0.6) is 0 Å². The van der Waals surface area contributed by atoms with Crippen molar-refractivity contribution in [3.63, 3.8) is 0 Å². The Morgan fingerprint density at radius 3 is 3.00 bits per heavy atom. The Hall–Kier alpha value is -0.340. The molecule has 1 aromatic rings. The number of nitrogens with one attached hydrogen (secondary N) is 1. The molecule has 1 N–H and O–H groups in total. The van der Waals surface area contributed by atoms with E-state index in [1.54, 1.807) is 0 Å². The Morgan fingerprint density at radius 2 is 2.40 bits per heavy atom. The van der Waals surface area contributed by atoms with E-state index in [1.807, 2.05) is 11.3 Å². The standard InChI is InChI=1S/C13H21NS/c1-10(2)9-13(3)7-6-11(14-13)12-5-4-8-15-12/h4-5,8,10-11,14H,6-7,9H2,1-3H3/t11-,13?/m1/s1. The molecule has 1 nitrogen and oxygen atoms in total. The minimum Gasteiger partial charge on any atom is -0.304 e. The van der Waals surface area contributed by atoms with Gasteiger partial charge in [-0.15, -0.1) is 11.3 Å². The van der Waals surface area contributed by atoms with E-state index in [0.29, 0.717) is 11.6 Å². The highest BCUT2D eigenvalue weighted by Gasteiger charge is 2.35. The Balaban J connectivity index is 2.00. The first-order chi connectivity index (χ1) is 7.09. The Kier molecular flexibility index (Phi) is 3.17. The smallest absolute Gasteiger partial charge is 0.0419 e. The first-order valence-corrected chi connectivity index (χ1v) is 6.78. The normalized spacial score (nSPS) is 31.3. The third kappa shape index (κ3) is 2.61. The zero-order valence-corrected chi connectivity index (χ0v) is 10.7. The van der Waals surface area contributed by atoms with E-state index in [1.165, 1.54) is 24.1 Å². The van der Waals surface area contributed by atoms with Gasteiger partial charge in [0.1, 0.15) is 0 Å². The first kappa shape index (κ1) is 11.2. The maximum atomic E-state index is 3.81. The van der Waals surface area contributed by atoms with Gasteiger partial charge in [0.15, 0.2) is 0 Å². The monoisotopic (exact) mass is 223 g/mol. The van der Waals surface area contributed by atoms with Gasteiger partial charge < -0.3 is 5.32 Å². The van der Waals surface area contributed by atoms with Crippen LogP contribution in [0.4, 0.5) is 0 Å².